The smallest absolute Gasteiger partial charge is 0.242 e. The van der Waals surface area contributed by atoms with Crippen LogP contribution in [0.3, 0.4) is 0 Å². The SMILES string of the molecule is CCOCCC(=O)N/N=C/c1ccc(OCC)cc1. The summed E-state index contributed by atoms with van der Waals surface area (Å²) in [7, 11) is 0. The summed E-state index contributed by atoms with van der Waals surface area (Å²) in [5.74, 6) is 0.663. The van der Waals surface area contributed by atoms with Gasteiger partial charge in [0.1, 0.15) is 5.75 Å². The van der Waals surface area contributed by atoms with Gasteiger partial charge < -0.3 is 9.47 Å². The first kappa shape index (κ1) is 15.2. The Morgan fingerprint density at radius 3 is 2.63 bits per heavy atom. The van der Waals surface area contributed by atoms with Crippen molar-refractivity contribution in [2.45, 2.75) is 20.3 Å². The first-order chi connectivity index (χ1) is 9.26. The third-order valence-corrected chi connectivity index (χ3v) is 2.27. The van der Waals surface area contributed by atoms with Crippen molar-refractivity contribution in [1.82, 2.24) is 5.43 Å². The van der Waals surface area contributed by atoms with Gasteiger partial charge in [0, 0.05) is 6.61 Å². The molecule has 1 aromatic rings. The largest absolute Gasteiger partial charge is 0.494 e. The van der Waals surface area contributed by atoms with Crippen LogP contribution in [0.5, 0.6) is 5.75 Å². The van der Waals surface area contributed by atoms with Crippen LogP contribution in [0.25, 0.3) is 0 Å². The molecule has 0 atom stereocenters. The topological polar surface area (TPSA) is 59.9 Å². The van der Waals surface area contributed by atoms with Crippen LogP contribution in [-0.2, 0) is 9.53 Å². The summed E-state index contributed by atoms with van der Waals surface area (Å²) in [6.07, 6.45) is 1.91. The Labute approximate surface area is 113 Å². The molecule has 1 N–H and O–H groups in total. The summed E-state index contributed by atoms with van der Waals surface area (Å²) in [5, 5.41) is 3.88. The van der Waals surface area contributed by atoms with Crippen molar-refractivity contribution in [2.75, 3.05) is 19.8 Å². The summed E-state index contributed by atoms with van der Waals surface area (Å²) in [5.41, 5.74) is 3.35. The molecule has 0 bridgehead atoms. The van der Waals surface area contributed by atoms with Crippen molar-refractivity contribution in [1.29, 1.82) is 0 Å². The van der Waals surface area contributed by atoms with Gasteiger partial charge in [-0.1, -0.05) is 0 Å². The number of carbonyl (C=O) groups excluding carboxylic acids is 1. The average Bonchev–Trinajstić information content (AvgIpc) is 2.41. The first-order valence-electron chi connectivity index (χ1n) is 6.38. The van der Waals surface area contributed by atoms with Crippen molar-refractivity contribution >= 4 is 12.1 Å². The highest BCUT2D eigenvalue weighted by Gasteiger charge is 1.98. The van der Waals surface area contributed by atoms with Crippen molar-refractivity contribution in [3.05, 3.63) is 29.8 Å². The molecule has 104 valence electrons. The summed E-state index contributed by atoms with van der Waals surface area (Å²) < 4.78 is 10.4. The molecule has 1 rings (SSSR count). The Balaban J connectivity index is 2.33. The molecule has 0 aliphatic rings. The monoisotopic (exact) mass is 264 g/mol. The minimum atomic E-state index is -0.157. The number of hydrogen-bond acceptors (Lipinski definition) is 4. The zero-order valence-corrected chi connectivity index (χ0v) is 11.4. The fraction of sp³-hybridized carbons (Fsp3) is 0.429. The highest BCUT2D eigenvalue weighted by Crippen LogP contribution is 2.10. The van der Waals surface area contributed by atoms with Crippen LogP contribution in [0.15, 0.2) is 29.4 Å². The molecule has 0 unspecified atom stereocenters. The van der Waals surface area contributed by atoms with Crippen LogP contribution in [0, 0.1) is 0 Å². The average molecular weight is 264 g/mol. The Morgan fingerprint density at radius 1 is 1.26 bits per heavy atom. The highest BCUT2D eigenvalue weighted by molar-refractivity contribution is 5.82. The molecule has 0 heterocycles. The summed E-state index contributed by atoms with van der Waals surface area (Å²) in [4.78, 5) is 11.3. The predicted molar refractivity (Wildman–Crippen MR) is 74.5 cm³/mol. The van der Waals surface area contributed by atoms with E-state index in [1.165, 1.54) is 0 Å². The van der Waals surface area contributed by atoms with Crippen LogP contribution in [-0.4, -0.2) is 31.9 Å². The van der Waals surface area contributed by atoms with Crippen LogP contribution in [0.1, 0.15) is 25.8 Å². The second-order valence-corrected chi connectivity index (χ2v) is 3.74. The maximum atomic E-state index is 11.3. The van der Waals surface area contributed by atoms with E-state index in [9.17, 15) is 4.79 Å². The number of benzene rings is 1. The van der Waals surface area contributed by atoms with E-state index in [1.807, 2.05) is 38.1 Å². The number of rotatable bonds is 8. The number of hydrogen-bond donors (Lipinski definition) is 1. The van der Waals surface area contributed by atoms with Gasteiger partial charge in [-0.2, -0.15) is 5.10 Å². The number of ether oxygens (including phenoxy) is 2. The van der Waals surface area contributed by atoms with Gasteiger partial charge in [-0.3, -0.25) is 4.79 Å². The van der Waals surface area contributed by atoms with E-state index in [0.29, 0.717) is 26.2 Å². The lowest BCUT2D eigenvalue weighted by atomic mass is 10.2. The van der Waals surface area contributed by atoms with E-state index in [1.54, 1.807) is 6.21 Å². The zero-order chi connectivity index (χ0) is 13.9. The number of nitrogens with one attached hydrogen (secondary N) is 1. The molecule has 5 heteroatoms. The van der Waals surface area contributed by atoms with Crippen LogP contribution in [0.2, 0.25) is 0 Å². The lowest BCUT2D eigenvalue weighted by Crippen LogP contribution is -2.19. The predicted octanol–water partition coefficient (Wildman–Crippen LogP) is 1.96. The molecule has 1 aromatic carbocycles. The fourth-order valence-corrected chi connectivity index (χ4v) is 1.36. The molecule has 5 nitrogen and oxygen atoms in total. The third kappa shape index (κ3) is 6.57. The highest BCUT2D eigenvalue weighted by atomic mass is 16.5. The third-order valence-electron chi connectivity index (χ3n) is 2.27. The second-order valence-electron chi connectivity index (χ2n) is 3.74. The maximum Gasteiger partial charge on any atom is 0.242 e. The minimum Gasteiger partial charge on any atom is -0.494 e. The summed E-state index contributed by atoms with van der Waals surface area (Å²) in [6.45, 7) is 5.50. The molecule has 0 saturated heterocycles. The molecule has 19 heavy (non-hydrogen) atoms. The van der Waals surface area contributed by atoms with Crippen LogP contribution >= 0.6 is 0 Å². The Kier molecular flexibility index (Phi) is 7.27. The molecule has 0 aliphatic carbocycles. The van der Waals surface area contributed by atoms with E-state index in [0.717, 1.165) is 11.3 Å². The molecular formula is C14H20N2O3. The van der Waals surface area contributed by atoms with Crippen molar-refractivity contribution < 1.29 is 14.3 Å². The molecule has 0 aromatic heterocycles. The van der Waals surface area contributed by atoms with E-state index in [-0.39, 0.29) is 5.91 Å². The van der Waals surface area contributed by atoms with E-state index in [4.69, 9.17) is 9.47 Å². The fourth-order valence-electron chi connectivity index (χ4n) is 1.36. The van der Waals surface area contributed by atoms with E-state index < -0.39 is 0 Å². The normalized spacial score (nSPS) is 10.6. The number of hydrazone groups is 1. The molecule has 0 spiro atoms. The summed E-state index contributed by atoms with van der Waals surface area (Å²) >= 11 is 0. The van der Waals surface area contributed by atoms with Crippen molar-refractivity contribution in [2.24, 2.45) is 5.10 Å². The maximum absolute atomic E-state index is 11.3. The quantitative estimate of drug-likeness (QED) is 0.443. The van der Waals surface area contributed by atoms with Crippen molar-refractivity contribution in [3.63, 3.8) is 0 Å². The number of amides is 1. The zero-order valence-electron chi connectivity index (χ0n) is 11.4. The van der Waals surface area contributed by atoms with E-state index >= 15 is 0 Å². The molecular weight excluding hydrogens is 244 g/mol. The molecule has 0 radical (unpaired) electrons. The molecule has 0 fully saturated rings. The van der Waals surface area contributed by atoms with Crippen LogP contribution < -0.4 is 10.2 Å². The second kappa shape index (κ2) is 9.10. The van der Waals surface area contributed by atoms with Crippen LogP contribution in [0.4, 0.5) is 0 Å². The standard InChI is InChI=1S/C14H20N2O3/c1-3-18-10-9-14(17)16-15-11-12-5-7-13(8-6-12)19-4-2/h5-8,11H,3-4,9-10H2,1-2H3,(H,16,17)/b15-11+. The lowest BCUT2D eigenvalue weighted by Gasteiger charge is -2.02. The number of carbonyl (C=O) groups is 1. The molecule has 0 saturated carbocycles. The minimum absolute atomic E-state index is 0.157. The van der Waals surface area contributed by atoms with Gasteiger partial charge >= 0.3 is 0 Å². The first-order valence-corrected chi connectivity index (χ1v) is 6.38. The van der Waals surface area contributed by atoms with Gasteiger partial charge in [0.05, 0.1) is 25.8 Å². The van der Waals surface area contributed by atoms with E-state index in [2.05, 4.69) is 10.5 Å². The van der Waals surface area contributed by atoms with Gasteiger partial charge in [-0.15, -0.1) is 0 Å². The van der Waals surface area contributed by atoms with Gasteiger partial charge in [0.25, 0.3) is 0 Å². The Hall–Kier alpha value is -1.88. The summed E-state index contributed by atoms with van der Waals surface area (Å²) in [6, 6.07) is 7.48. The van der Waals surface area contributed by atoms with Gasteiger partial charge in [0.2, 0.25) is 5.91 Å². The Bertz CT molecular complexity index is 402. The molecule has 1 amide bonds. The van der Waals surface area contributed by atoms with Gasteiger partial charge in [-0.25, -0.2) is 5.43 Å². The number of nitrogens with zero attached hydrogens (tertiary/aromatic N) is 1. The molecule has 0 aliphatic heterocycles. The van der Waals surface area contributed by atoms with Gasteiger partial charge in [0.15, 0.2) is 0 Å². The lowest BCUT2D eigenvalue weighted by molar-refractivity contribution is -0.122. The van der Waals surface area contributed by atoms with Gasteiger partial charge in [-0.05, 0) is 43.7 Å². The van der Waals surface area contributed by atoms with Crippen molar-refractivity contribution in [3.8, 4) is 5.75 Å². The Morgan fingerprint density at radius 2 is 2.00 bits per heavy atom.